The van der Waals surface area contributed by atoms with Gasteiger partial charge in [-0.05, 0) is 30.7 Å². The molecule has 0 radical (unpaired) electrons. The molecule has 1 aromatic heterocycles. The summed E-state index contributed by atoms with van der Waals surface area (Å²) in [5.74, 6) is 0. The molecule has 1 atom stereocenters. The Morgan fingerprint density at radius 3 is 2.83 bits per heavy atom. The molecule has 2 rings (SSSR count). The van der Waals surface area contributed by atoms with Gasteiger partial charge in [0.2, 0.25) is 0 Å². The van der Waals surface area contributed by atoms with Crippen molar-refractivity contribution in [1.82, 2.24) is 10.3 Å². The number of nitrogens with zero attached hydrogens (tertiary/aromatic N) is 1. The van der Waals surface area contributed by atoms with Crippen molar-refractivity contribution in [3.8, 4) is 11.3 Å². The van der Waals surface area contributed by atoms with Crippen molar-refractivity contribution in [2.24, 2.45) is 0 Å². The summed E-state index contributed by atoms with van der Waals surface area (Å²) in [6, 6.07) is 14.3. The quantitative estimate of drug-likeness (QED) is 0.845. The SMILES string of the molecule is C[C@H](CO)NCc1cccc(-c2ccccn2)c1. The first-order chi connectivity index (χ1) is 8.79. The number of hydrogen-bond acceptors (Lipinski definition) is 3. The molecule has 18 heavy (non-hydrogen) atoms. The lowest BCUT2D eigenvalue weighted by molar-refractivity contribution is 0.251. The molecule has 0 aliphatic rings. The van der Waals surface area contributed by atoms with Gasteiger partial charge in [0.1, 0.15) is 0 Å². The van der Waals surface area contributed by atoms with Crippen LogP contribution in [0.4, 0.5) is 0 Å². The number of rotatable bonds is 5. The standard InChI is InChI=1S/C15H18N2O/c1-12(11-18)17-10-13-5-4-6-14(9-13)15-7-2-3-8-16-15/h2-9,12,17-18H,10-11H2,1H3/t12-/m1/s1. The molecule has 0 saturated carbocycles. The van der Waals surface area contributed by atoms with E-state index in [4.69, 9.17) is 5.11 Å². The first kappa shape index (κ1) is 12.7. The summed E-state index contributed by atoms with van der Waals surface area (Å²) in [6.45, 7) is 2.87. The van der Waals surface area contributed by atoms with Crippen molar-refractivity contribution in [3.05, 3.63) is 54.2 Å². The zero-order chi connectivity index (χ0) is 12.8. The molecule has 0 amide bonds. The summed E-state index contributed by atoms with van der Waals surface area (Å²) in [4.78, 5) is 4.34. The Hall–Kier alpha value is -1.71. The number of pyridine rings is 1. The van der Waals surface area contributed by atoms with Gasteiger partial charge >= 0.3 is 0 Å². The first-order valence-electron chi connectivity index (χ1n) is 6.14. The summed E-state index contributed by atoms with van der Waals surface area (Å²) >= 11 is 0. The van der Waals surface area contributed by atoms with Gasteiger partial charge in [0.05, 0.1) is 12.3 Å². The van der Waals surface area contributed by atoms with E-state index < -0.39 is 0 Å². The molecule has 94 valence electrons. The van der Waals surface area contributed by atoms with Gasteiger partial charge in [-0.1, -0.05) is 24.3 Å². The highest BCUT2D eigenvalue weighted by Gasteiger charge is 2.02. The minimum absolute atomic E-state index is 0.114. The molecule has 0 aliphatic heterocycles. The van der Waals surface area contributed by atoms with Crippen molar-refractivity contribution in [2.75, 3.05) is 6.61 Å². The van der Waals surface area contributed by atoms with Gasteiger partial charge in [-0.25, -0.2) is 0 Å². The second-order valence-corrected chi connectivity index (χ2v) is 4.38. The Kier molecular flexibility index (Phi) is 4.45. The lowest BCUT2D eigenvalue weighted by atomic mass is 10.1. The third kappa shape index (κ3) is 3.39. The summed E-state index contributed by atoms with van der Waals surface area (Å²) < 4.78 is 0. The van der Waals surface area contributed by atoms with Crippen LogP contribution in [0.25, 0.3) is 11.3 Å². The predicted molar refractivity (Wildman–Crippen MR) is 73.1 cm³/mol. The molecule has 3 heteroatoms. The summed E-state index contributed by atoms with van der Waals surface area (Å²) in [7, 11) is 0. The molecule has 0 aliphatic carbocycles. The van der Waals surface area contributed by atoms with Crippen molar-refractivity contribution < 1.29 is 5.11 Å². The summed E-state index contributed by atoms with van der Waals surface area (Å²) in [6.07, 6.45) is 1.80. The molecule has 0 spiro atoms. The van der Waals surface area contributed by atoms with Gasteiger partial charge < -0.3 is 10.4 Å². The minimum Gasteiger partial charge on any atom is -0.395 e. The lowest BCUT2D eigenvalue weighted by Crippen LogP contribution is -2.28. The van der Waals surface area contributed by atoms with Gasteiger partial charge in [0, 0.05) is 24.3 Å². The van der Waals surface area contributed by atoms with Gasteiger partial charge in [0.15, 0.2) is 0 Å². The first-order valence-corrected chi connectivity index (χ1v) is 6.14. The maximum Gasteiger partial charge on any atom is 0.0702 e. The predicted octanol–water partition coefficient (Wildman–Crippen LogP) is 2.22. The molecule has 0 saturated heterocycles. The van der Waals surface area contributed by atoms with E-state index >= 15 is 0 Å². The summed E-state index contributed by atoms with van der Waals surface area (Å²) in [5.41, 5.74) is 3.29. The molecule has 2 N–H and O–H groups in total. The van der Waals surface area contributed by atoms with E-state index in [0.717, 1.165) is 17.8 Å². The highest BCUT2D eigenvalue weighted by molar-refractivity contribution is 5.59. The second kappa shape index (κ2) is 6.28. The molecule has 2 aromatic rings. The Morgan fingerprint density at radius 1 is 1.22 bits per heavy atom. The number of aliphatic hydroxyl groups is 1. The van der Waals surface area contributed by atoms with Crippen molar-refractivity contribution in [1.29, 1.82) is 0 Å². The third-order valence-electron chi connectivity index (χ3n) is 2.82. The highest BCUT2D eigenvalue weighted by atomic mass is 16.3. The number of benzene rings is 1. The van der Waals surface area contributed by atoms with Crippen LogP contribution in [0.15, 0.2) is 48.7 Å². The third-order valence-corrected chi connectivity index (χ3v) is 2.82. The van der Waals surface area contributed by atoms with E-state index in [9.17, 15) is 0 Å². The maximum absolute atomic E-state index is 8.97. The van der Waals surface area contributed by atoms with E-state index in [0.29, 0.717) is 0 Å². The van der Waals surface area contributed by atoms with Crippen molar-refractivity contribution in [2.45, 2.75) is 19.5 Å². The van der Waals surface area contributed by atoms with Gasteiger partial charge in [-0.15, -0.1) is 0 Å². The molecule has 0 bridgehead atoms. The van der Waals surface area contributed by atoms with Crippen LogP contribution in [0.1, 0.15) is 12.5 Å². The zero-order valence-electron chi connectivity index (χ0n) is 10.5. The monoisotopic (exact) mass is 242 g/mol. The van der Waals surface area contributed by atoms with Crippen LogP contribution in [-0.4, -0.2) is 22.7 Å². The number of aliphatic hydroxyl groups excluding tert-OH is 1. The van der Waals surface area contributed by atoms with Crippen LogP contribution in [0.2, 0.25) is 0 Å². The average Bonchev–Trinajstić information content (AvgIpc) is 2.46. The number of nitrogens with one attached hydrogen (secondary N) is 1. The Balaban J connectivity index is 2.11. The molecule has 1 heterocycles. The van der Waals surface area contributed by atoms with E-state index in [1.165, 1.54) is 5.56 Å². The van der Waals surface area contributed by atoms with Crippen LogP contribution in [0.5, 0.6) is 0 Å². The maximum atomic E-state index is 8.97. The Bertz CT molecular complexity index is 485. The molecule has 0 fully saturated rings. The van der Waals surface area contributed by atoms with E-state index in [1.807, 2.05) is 31.2 Å². The highest BCUT2D eigenvalue weighted by Crippen LogP contribution is 2.17. The fourth-order valence-corrected chi connectivity index (χ4v) is 1.73. The van der Waals surface area contributed by atoms with Crippen LogP contribution in [-0.2, 0) is 6.54 Å². The molecule has 1 aromatic carbocycles. The van der Waals surface area contributed by atoms with E-state index in [-0.39, 0.29) is 12.6 Å². The normalized spacial score (nSPS) is 12.3. The van der Waals surface area contributed by atoms with Crippen LogP contribution < -0.4 is 5.32 Å². The smallest absolute Gasteiger partial charge is 0.0702 e. The molecular weight excluding hydrogens is 224 g/mol. The minimum atomic E-state index is 0.114. The van der Waals surface area contributed by atoms with Crippen molar-refractivity contribution in [3.63, 3.8) is 0 Å². The molecule has 0 unspecified atom stereocenters. The van der Waals surface area contributed by atoms with E-state index in [1.54, 1.807) is 6.20 Å². The lowest BCUT2D eigenvalue weighted by Gasteiger charge is -2.11. The largest absolute Gasteiger partial charge is 0.395 e. The van der Waals surface area contributed by atoms with Crippen LogP contribution in [0.3, 0.4) is 0 Å². The fourth-order valence-electron chi connectivity index (χ4n) is 1.73. The van der Waals surface area contributed by atoms with Crippen LogP contribution in [0, 0.1) is 0 Å². The second-order valence-electron chi connectivity index (χ2n) is 4.38. The van der Waals surface area contributed by atoms with Gasteiger partial charge in [-0.3, -0.25) is 4.98 Å². The molecular formula is C15H18N2O. The van der Waals surface area contributed by atoms with E-state index in [2.05, 4.69) is 28.5 Å². The Morgan fingerprint density at radius 2 is 2.11 bits per heavy atom. The number of aromatic nitrogens is 1. The fraction of sp³-hybridized carbons (Fsp3) is 0.267. The zero-order valence-corrected chi connectivity index (χ0v) is 10.5. The van der Waals surface area contributed by atoms with Crippen LogP contribution >= 0.6 is 0 Å². The van der Waals surface area contributed by atoms with Crippen molar-refractivity contribution >= 4 is 0 Å². The average molecular weight is 242 g/mol. The Labute approximate surface area is 108 Å². The topological polar surface area (TPSA) is 45.1 Å². The summed E-state index contributed by atoms with van der Waals surface area (Å²) in [5, 5.41) is 12.2. The molecule has 3 nitrogen and oxygen atoms in total. The van der Waals surface area contributed by atoms with Gasteiger partial charge in [0.25, 0.3) is 0 Å². The van der Waals surface area contributed by atoms with Gasteiger partial charge in [-0.2, -0.15) is 0 Å². The number of hydrogen-bond donors (Lipinski definition) is 2.